The van der Waals surface area contributed by atoms with E-state index in [9.17, 15) is 0 Å². The molecule has 3 rings (SSSR count). The first-order chi connectivity index (χ1) is 10.2. The van der Waals surface area contributed by atoms with E-state index in [1.54, 1.807) is 0 Å². The SMILES string of the molecule is CC1CCCN(C(N)=NCCc2cn3ccccc3n2)C1. The first-order valence-corrected chi connectivity index (χ1v) is 7.70. The summed E-state index contributed by atoms with van der Waals surface area (Å²) in [7, 11) is 0. The molecule has 3 heterocycles. The molecule has 0 bridgehead atoms. The molecular formula is C16H23N5. The third kappa shape index (κ3) is 3.35. The highest BCUT2D eigenvalue weighted by Crippen LogP contribution is 2.14. The van der Waals surface area contributed by atoms with Crippen LogP contribution in [0.2, 0.25) is 0 Å². The molecule has 0 spiro atoms. The molecule has 2 aromatic heterocycles. The zero-order chi connectivity index (χ0) is 14.7. The lowest BCUT2D eigenvalue weighted by atomic mass is 10.0. The van der Waals surface area contributed by atoms with Crippen LogP contribution in [0.15, 0.2) is 35.6 Å². The van der Waals surface area contributed by atoms with E-state index in [-0.39, 0.29) is 0 Å². The van der Waals surface area contributed by atoms with Crippen LogP contribution in [0.4, 0.5) is 0 Å². The summed E-state index contributed by atoms with van der Waals surface area (Å²) in [4.78, 5) is 11.3. The van der Waals surface area contributed by atoms with Crippen molar-refractivity contribution in [1.29, 1.82) is 0 Å². The van der Waals surface area contributed by atoms with Crippen molar-refractivity contribution in [2.45, 2.75) is 26.2 Å². The van der Waals surface area contributed by atoms with E-state index in [2.05, 4.69) is 28.0 Å². The van der Waals surface area contributed by atoms with E-state index >= 15 is 0 Å². The molecule has 5 heteroatoms. The van der Waals surface area contributed by atoms with Crippen molar-refractivity contribution < 1.29 is 0 Å². The van der Waals surface area contributed by atoms with Crippen LogP contribution in [0.5, 0.6) is 0 Å². The van der Waals surface area contributed by atoms with Gasteiger partial charge < -0.3 is 15.0 Å². The van der Waals surface area contributed by atoms with Crippen molar-refractivity contribution in [3.63, 3.8) is 0 Å². The minimum Gasteiger partial charge on any atom is -0.370 e. The molecule has 0 saturated carbocycles. The molecule has 0 aromatic carbocycles. The summed E-state index contributed by atoms with van der Waals surface area (Å²) in [6.07, 6.45) is 7.41. The molecule has 1 atom stereocenters. The Morgan fingerprint density at radius 2 is 2.38 bits per heavy atom. The highest BCUT2D eigenvalue weighted by Gasteiger charge is 2.17. The summed E-state index contributed by atoms with van der Waals surface area (Å²) < 4.78 is 2.04. The molecule has 1 unspecified atom stereocenters. The Hall–Kier alpha value is -2.04. The summed E-state index contributed by atoms with van der Waals surface area (Å²) in [5.74, 6) is 1.40. The van der Waals surface area contributed by atoms with Gasteiger partial charge in [0.15, 0.2) is 5.96 Å². The quantitative estimate of drug-likeness (QED) is 0.692. The van der Waals surface area contributed by atoms with Crippen LogP contribution < -0.4 is 5.73 Å². The fourth-order valence-corrected chi connectivity index (χ4v) is 2.89. The molecule has 21 heavy (non-hydrogen) atoms. The largest absolute Gasteiger partial charge is 0.370 e. The number of nitrogens with zero attached hydrogens (tertiary/aromatic N) is 4. The van der Waals surface area contributed by atoms with Gasteiger partial charge in [-0.1, -0.05) is 13.0 Å². The van der Waals surface area contributed by atoms with Crippen LogP contribution in [-0.4, -0.2) is 39.9 Å². The number of hydrogen-bond acceptors (Lipinski definition) is 2. The van der Waals surface area contributed by atoms with Gasteiger partial charge in [0.25, 0.3) is 0 Å². The minimum atomic E-state index is 0.685. The van der Waals surface area contributed by atoms with Gasteiger partial charge in [0, 0.05) is 38.4 Å². The number of aromatic nitrogens is 2. The zero-order valence-corrected chi connectivity index (χ0v) is 12.6. The van der Waals surface area contributed by atoms with Crippen molar-refractivity contribution in [3.05, 3.63) is 36.3 Å². The lowest BCUT2D eigenvalue weighted by Crippen LogP contribution is -2.43. The molecule has 1 aliphatic rings. The lowest BCUT2D eigenvalue weighted by Gasteiger charge is -2.31. The third-order valence-electron chi connectivity index (χ3n) is 4.04. The van der Waals surface area contributed by atoms with Crippen molar-refractivity contribution in [2.24, 2.45) is 16.6 Å². The molecule has 1 fully saturated rings. The van der Waals surface area contributed by atoms with Gasteiger partial charge in [-0.25, -0.2) is 4.98 Å². The highest BCUT2D eigenvalue weighted by atomic mass is 15.3. The minimum absolute atomic E-state index is 0.685. The number of aliphatic imine (C=N–C) groups is 1. The number of likely N-dealkylation sites (tertiary alicyclic amines) is 1. The molecule has 2 aromatic rings. The number of guanidine groups is 1. The molecule has 0 amide bonds. The third-order valence-corrected chi connectivity index (χ3v) is 4.04. The van der Waals surface area contributed by atoms with Crippen LogP contribution >= 0.6 is 0 Å². The van der Waals surface area contributed by atoms with Gasteiger partial charge in [-0.05, 0) is 30.9 Å². The summed E-state index contributed by atoms with van der Waals surface area (Å²) in [5, 5.41) is 0. The molecule has 1 saturated heterocycles. The molecule has 1 aliphatic heterocycles. The van der Waals surface area contributed by atoms with Gasteiger partial charge >= 0.3 is 0 Å². The molecule has 5 nitrogen and oxygen atoms in total. The predicted octanol–water partition coefficient (Wildman–Crippen LogP) is 1.92. The van der Waals surface area contributed by atoms with E-state index in [4.69, 9.17) is 5.73 Å². The smallest absolute Gasteiger partial charge is 0.191 e. The van der Waals surface area contributed by atoms with Crippen LogP contribution in [0.1, 0.15) is 25.5 Å². The Morgan fingerprint density at radius 3 is 3.19 bits per heavy atom. The second-order valence-electron chi connectivity index (χ2n) is 5.88. The van der Waals surface area contributed by atoms with Crippen molar-refractivity contribution in [3.8, 4) is 0 Å². The lowest BCUT2D eigenvalue weighted by molar-refractivity contribution is 0.270. The molecule has 112 valence electrons. The highest BCUT2D eigenvalue weighted by molar-refractivity contribution is 5.78. The number of nitrogens with two attached hydrogens (primary N) is 1. The average Bonchev–Trinajstić information content (AvgIpc) is 2.89. The van der Waals surface area contributed by atoms with Crippen LogP contribution in [-0.2, 0) is 6.42 Å². The van der Waals surface area contributed by atoms with Crippen molar-refractivity contribution in [1.82, 2.24) is 14.3 Å². The Balaban J connectivity index is 1.58. The van der Waals surface area contributed by atoms with Gasteiger partial charge in [0.2, 0.25) is 0 Å². The normalized spacial score (nSPS) is 20.1. The van der Waals surface area contributed by atoms with E-state index in [0.717, 1.165) is 30.9 Å². The van der Waals surface area contributed by atoms with E-state index < -0.39 is 0 Å². The molecule has 0 radical (unpaired) electrons. The standard InChI is InChI=1S/C16H23N5/c1-13-5-4-10-21(11-13)16(17)18-8-7-14-12-20-9-3-2-6-15(20)19-14/h2-3,6,9,12-13H,4-5,7-8,10-11H2,1H3,(H2,17,18). The van der Waals surface area contributed by atoms with Crippen LogP contribution in [0.25, 0.3) is 5.65 Å². The van der Waals surface area contributed by atoms with Crippen LogP contribution in [0.3, 0.4) is 0 Å². The van der Waals surface area contributed by atoms with Crippen molar-refractivity contribution >= 4 is 11.6 Å². The first-order valence-electron chi connectivity index (χ1n) is 7.70. The number of fused-ring (bicyclic) bond motifs is 1. The second-order valence-corrected chi connectivity index (χ2v) is 5.88. The Bertz CT molecular complexity index is 597. The van der Waals surface area contributed by atoms with Gasteiger partial charge in [-0.15, -0.1) is 0 Å². The molecular weight excluding hydrogens is 262 g/mol. The number of rotatable bonds is 3. The second kappa shape index (κ2) is 6.16. The summed E-state index contributed by atoms with van der Waals surface area (Å²) in [6, 6.07) is 6.02. The summed E-state index contributed by atoms with van der Waals surface area (Å²) >= 11 is 0. The van der Waals surface area contributed by atoms with Crippen molar-refractivity contribution in [2.75, 3.05) is 19.6 Å². The summed E-state index contributed by atoms with van der Waals surface area (Å²) in [5.41, 5.74) is 8.14. The Kier molecular flexibility index (Phi) is 4.08. The maximum Gasteiger partial charge on any atom is 0.191 e. The first kappa shape index (κ1) is 13.9. The van der Waals surface area contributed by atoms with E-state index in [1.807, 2.05) is 28.8 Å². The number of imidazole rings is 1. The Morgan fingerprint density at radius 1 is 1.48 bits per heavy atom. The zero-order valence-electron chi connectivity index (χ0n) is 12.6. The van der Waals surface area contributed by atoms with Gasteiger partial charge in [-0.2, -0.15) is 0 Å². The fourth-order valence-electron chi connectivity index (χ4n) is 2.89. The van der Waals surface area contributed by atoms with Gasteiger partial charge in [0.05, 0.1) is 5.69 Å². The maximum atomic E-state index is 6.10. The van der Waals surface area contributed by atoms with Gasteiger partial charge in [0.1, 0.15) is 5.65 Å². The van der Waals surface area contributed by atoms with E-state index in [1.165, 1.54) is 12.8 Å². The average molecular weight is 285 g/mol. The topological polar surface area (TPSA) is 58.9 Å². The van der Waals surface area contributed by atoms with Crippen LogP contribution in [0, 0.1) is 5.92 Å². The van der Waals surface area contributed by atoms with Gasteiger partial charge in [-0.3, -0.25) is 4.99 Å². The molecule has 2 N–H and O–H groups in total. The number of hydrogen-bond donors (Lipinski definition) is 1. The predicted molar refractivity (Wildman–Crippen MR) is 85.4 cm³/mol. The number of piperidine rings is 1. The monoisotopic (exact) mass is 285 g/mol. The number of pyridine rings is 1. The fraction of sp³-hybridized carbons (Fsp3) is 0.500. The Labute approximate surface area is 125 Å². The molecule has 0 aliphatic carbocycles. The van der Waals surface area contributed by atoms with E-state index in [0.29, 0.717) is 18.4 Å². The maximum absolute atomic E-state index is 6.10. The summed E-state index contributed by atoms with van der Waals surface area (Å²) in [6.45, 7) is 5.04.